The number of aliphatic carboxylic acids is 1. The molecular formula is C25H25F3N2O5S2. The highest BCUT2D eigenvalue weighted by molar-refractivity contribution is 7.89. The van der Waals surface area contributed by atoms with Crippen LogP contribution in [0, 0.1) is 13.8 Å². The number of rotatable bonds is 6. The number of carboxylic acid groups (broad SMARTS) is 1. The molecule has 0 saturated heterocycles. The maximum absolute atomic E-state index is 13.6. The summed E-state index contributed by atoms with van der Waals surface area (Å²) in [5.74, 6) is -0.862. The quantitative estimate of drug-likeness (QED) is 0.436. The Hall–Kier alpha value is -2.96. The molecule has 198 valence electrons. The molecular weight excluding hydrogens is 529 g/mol. The molecule has 7 nitrogen and oxygen atoms in total. The molecule has 12 heteroatoms. The van der Waals surface area contributed by atoms with Crippen LogP contribution in [0.2, 0.25) is 0 Å². The van der Waals surface area contributed by atoms with E-state index in [0.29, 0.717) is 28.1 Å². The van der Waals surface area contributed by atoms with E-state index >= 15 is 0 Å². The fourth-order valence-electron chi connectivity index (χ4n) is 3.91. The number of ether oxygens (including phenoxy) is 1. The Morgan fingerprint density at radius 1 is 1.11 bits per heavy atom. The van der Waals surface area contributed by atoms with Gasteiger partial charge in [-0.25, -0.2) is 18.2 Å². The van der Waals surface area contributed by atoms with E-state index in [9.17, 15) is 31.5 Å². The van der Waals surface area contributed by atoms with E-state index in [1.165, 1.54) is 53.8 Å². The lowest BCUT2D eigenvalue weighted by Gasteiger charge is -2.27. The van der Waals surface area contributed by atoms with Crippen LogP contribution in [0.25, 0.3) is 10.6 Å². The molecule has 1 aliphatic heterocycles. The maximum Gasteiger partial charge on any atom is 0.416 e. The fourth-order valence-corrected chi connectivity index (χ4v) is 6.82. The molecule has 0 aliphatic carbocycles. The van der Waals surface area contributed by atoms with Crippen molar-refractivity contribution in [1.29, 1.82) is 0 Å². The van der Waals surface area contributed by atoms with Gasteiger partial charge in [-0.3, -0.25) is 0 Å². The third-order valence-corrected chi connectivity index (χ3v) is 9.24. The van der Waals surface area contributed by atoms with Gasteiger partial charge in [0.15, 0.2) is 5.60 Å². The van der Waals surface area contributed by atoms with Crippen LogP contribution in [-0.2, 0) is 34.0 Å². The largest absolute Gasteiger partial charge is 0.478 e. The van der Waals surface area contributed by atoms with E-state index in [4.69, 9.17) is 4.74 Å². The van der Waals surface area contributed by atoms with Crippen molar-refractivity contribution in [1.82, 2.24) is 9.29 Å². The van der Waals surface area contributed by atoms with Gasteiger partial charge in [0.25, 0.3) is 0 Å². The van der Waals surface area contributed by atoms with Gasteiger partial charge < -0.3 is 9.84 Å². The first-order valence-corrected chi connectivity index (χ1v) is 13.6. The van der Waals surface area contributed by atoms with Crippen LogP contribution in [0.5, 0.6) is 5.75 Å². The number of fused-ring (bicyclic) bond motifs is 1. The molecule has 1 aliphatic rings. The van der Waals surface area contributed by atoms with E-state index in [2.05, 4.69) is 4.98 Å². The van der Waals surface area contributed by atoms with Gasteiger partial charge in [0.05, 0.1) is 22.7 Å². The molecule has 0 saturated carbocycles. The van der Waals surface area contributed by atoms with Crippen molar-refractivity contribution in [3.63, 3.8) is 0 Å². The standard InChI is InChI=1S/C25H25F3N2O5S2/c1-14-12-21(15(2)11-19(14)35-24(3,4)23(31)32)37(33,34)30-10-9-18-20(13-30)36-22(29-18)16-5-7-17(8-6-16)25(26,27)28/h5-8,11-12H,9-10,13H2,1-4H3,(H,31,32). The Morgan fingerprint density at radius 3 is 2.35 bits per heavy atom. The first-order chi connectivity index (χ1) is 17.1. The van der Waals surface area contributed by atoms with Gasteiger partial charge >= 0.3 is 12.1 Å². The number of hydrogen-bond acceptors (Lipinski definition) is 6. The Labute approximate surface area is 216 Å². The predicted octanol–water partition coefficient (Wildman–Crippen LogP) is 5.43. The molecule has 0 bridgehead atoms. The highest BCUT2D eigenvalue weighted by Gasteiger charge is 2.34. The normalized spacial score (nSPS) is 14.9. The average Bonchev–Trinajstić information content (AvgIpc) is 3.24. The first kappa shape index (κ1) is 27.1. The molecule has 1 aromatic heterocycles. The molecule has 0 atom stereocenters. The molecule has 37 heavy (non-hydrogen) atoms. The fraction of sp³-hybridized carbons (Fsp3) is 0.360. The summed E-state index contributed by atoms with van der Waals surface area (Å²) in [4.78, 5) is 16.8. The second-order valence-electron chi connectivity index (χ2n) is 9.35. The molecule has 0 spiro atoms. The monoisotopic (exact) mass is 554 g/mol. The number of benzene rings is 2. The van der Waals surface area contributed by atoms with Gasteiger partial charge in [0, 0.05) is 23.4 Å². The number of thiazole rings is 1. The van der Waals surface area contributed by atoms with E-state index in [-0.39, 0.29) is 23.7 Å². The number of carboxylic acids is 1. The van der Waals surface area contributed by atoms with E-state index in [1.807, 2.05) is 0 Å². The van der Waals surface area contributed by atoms with Crippen molar-refractivity contribution < 1.29 is 36.2 Å². The minimum atomic E-state index is -4.43. The van der Waals surface area contributed by atoms with Crippen molar-refractivity contribution in [2.75, 3.05) is 6.54 Å². The number of aryl methyl sites for hydroxylation is 2. The van der Waals surface area contributed by atoms with Gasteiger partial charge in [0.1, 0.15) is 10.8 Å². The Balaban J connectivity index is 1.58. The Kier molecular flexibility index (Phi) is 6.89. The number of aromatic nitrogens is 1. The smallest absolute Gasteiger partial charge is 0.416 e. The summed E-state index contributed by atoms with van der Waals surface area (Å²) in [6, 6.07) is 7.74. The van der Waals surface area contributed by atoms with Crippen molar-refractivity contribution in [2.45, 2.75) is 57.3 Å². The van der Waals surface area contributed by atoms with Gasteiger partial charge in [-0.15, -0.1) is 11.3 Å². The molecule has 3 aromatic rings. The molecule has 4 rings (SSSR count). The second-order valence-corrected chi connectivity index (χ2v) is 12.3. The van der Waals surface area contributed by atoms with Crippen LogP contribution in [0.4, 0.5) is 13.2 Å². The van der Waals surface area contributed by atoms with Gasteiger partial charge in [-0.1, -0.05) is 12.1 Å². The Morgan fingerprint density at radius 2 is 1.76 bits per heavy atom. The van der Waals surface area contributed by atoms with Crippen LogP contribution in [-0.4, -0.2) is 40.9 Å². The SMILES string of the molecule is Cc1cc(S(=O)(=O)N2CCc3nc(-c4ccc(C(F)(F)F)cc4)sc3C2)c(C)cc1OC(C)(C)C(=O)O. The van der Waals surface area contributed by atoms with E-state index in [0.717, 1.165) is 22.7 Å². The summed E-state index contributed by atoms with van der Waals surface area (Å²) in [7, 11) is -3.90. The molecule has 0 unspecified atom stereocenters. The summed E-state index contributed by atoms with van der Waals surface area (Å²) in [6.45, 7) is 6.40. The van der Waals surface area contributed by atoms with Crippen LogP contribution in [0.15, 0.2) is 41.3 Å². The molecule has 1 N–H and O–H groups in total. The summed E-state index contributed by atoms with van der Waals surface area (Å²) in [6.07, 6.45) is -4.06. The van der Waals surface area contributed by atoms with Crippen molar-refractivity contribution in [3.8, 4) is 16.3 Å². The minimum absolute atomic E-state index is 0.0960. The summed E-state index contributed by atoms with van der Waals surface area (Å²) in [5.41, 5.74) is -0.0611. The third-order valence-electron chi connectivity index (χ3n) is 6.13. The minimum Gasteiger partial charge on any atom is -0.478 e. The maximum atomic E-state index is 13.6. The number of halogens is 3. The topological polar surface area (TPSA) is 96.8 Å². The van der Waals surface area contributed by atoms with Gasteiger partial charge in [0.2, 0.25) is 10.0 Å². The summed E-state index contributed by atoms with van der Waals surface area (Å²) in [5, 5.41) is 9.87. The van der Waals surface area contributed by atoms with Gasteiger partial charge in [-0.2, -0.15) is 17.5 Å². The molecule has 2 heterocycles. The lowest BCUT2D eigenvalue weighted by molar-refractivity contribution is -0.152. The molecule has 2 aromatic carbocycles. The van der Waals surface area contributed by atoms with Crippen molar-refractivity contribution in [3.05, 3.63) is 63.7 Å². The molecule has 0 radical (unpaired) electrons. The zero-order chi connectivity index (χ0) is 27.3. The zero-order valence-corrected chi connectivity index (χ0v) is 22.1. The van der Waals surface area contributed by atoms with Crippen molar-refractivity contribution in [2.24, 2.45) is 0 Å². The van der Waals surface area contributed by atoms with Crippen molar-refractivity contribution >= 4 is 27.3 Å². The number of nitrogens with zero attached hydrogens (tertiary/aromatic N) is 2. The number of alkyl halides is 3. The van der Waals surface area contributed by atoms with Gasteiger partial charge in [-0.05, 0) is 63.1 Å². The van der Waals surface area contributed by atoms with Crippen LogP contribution >= 0.6 is 11.3 Å². The third kappa shape index (κ3) is 5.36. The average molecular weight is 555 g/mol. The van der Waals surface area contributed by atoms with Crippen LogP contribution < -0.4 is 4.74 Å². The molecule has 0 amide bonds. The number of hydrogen-bond donors (Lipinski definition) is 1. The molecule has 0 fully saturated rings. The lowest BCUT2D eigenvalue weighted by atomic mass is 10.1. The van der Waals surface area contributed by atoms with Crippen LogP contribution in [0.1, 0.15) is 41.1 Å². The van der Waals surface area contributed by atoms with Crippen LogP contribution in [0.3, 0.4) is 0 Å². The van der Waals surface area contributed by atoms with E-state index < -0.39 is 33.3 Å². The highest BCUT2D eigenvalue weighted by atomic mass is 32.2. The Bertz CT molecular complexity index is 1460. The highest BCUT2D eigenvalue weighted by Crippen LogP contribution is 2.37. The summed E-state index contributed by atoms with van der Waals surface area (Å²) < 4.78 is 72.7. The second kappa shape index (κ2) is 9.41. The summed E-state index contributed by atoms with van der Waals surface area (Å²) >= 11 is 1.26. The number of carbonyl (C=O) groups is 1. The zero-order valence-electron chi connectivity index (χ0n) is 20.5. The van der Waals surface area contributed by atoms with E-state index in [1.54, 1.807) is 13.8 Å². The number of sulfonamides is 1. The predicted molar refractivity (Wildman–Crippen MR) is 132 cm³/mol. The first-order valence-electron chi connectivity index (χ1n) is 11.3. The lowest BCUT2D eigenvalue weighted by Crippen LogP contribution is -2.38.